The van der Waals surface area contributed by atoms with Crippen molar-refractivity contribution in [2.45, 2.75) is 46.3 Å². The maximum Gasteiger partial charge on any atom is 0.340 e. The van der Waals surface area contributed by atoms with E-state index in [9.17, 15) is 9.90 Å². The normalized spacial score (nSPS) is 17.6. The van der Waals surface area contributed by atoms with Crippen molar-refractivity contribution in [3.63, 3.8) is 0 Å². The third-order valence-corrected chi connectivity index (χ3v) is 4.92. The Kier molecular flexibility index (Phi) is 6.56. The van der Waals surface area contributed by atoms with Gasteiger partial charge in [0.05, 0.1) is 42.9 Å². The van der Waals surface area contributed by atoms with E-state index < -0.39 is 12.1 Å². The maximum atomic E-state index is 12.9. The number of nitrogens with zero attached hydrogens (tertiary/aromatic N) is 3. The van der Waals surface area contributed by atoms with Gasteiger partial charge < -0.3 is 20.3 Å². The van der Waals surface area contributed by atoms with Crippen LogP contribution in [0.4, 0.5) is 0 Å². The molecule has 3 rings (SSSR count). The fourth-order valence-corrected chi connectivity index (χ4v) is 3.83. The van der Waals surface area contributed by atoms with Gasteiger partial charge in [0.1, 0.15) is 0 Å². The van der Waals surface area contributed by atoms with E-state index in [1.165, 1.54) is 0 Å². The number of ether oxygens (including phenoxy) is 2. The van der Waals surface area contributed by atoms with E-state index in [-0.39, 0.29) is 24.2 Å². The Morgan fingerprint density at radius 1 is 1.41 bits per heavy atom. The first-order valence-corrected chi connectivity index (χ1v) is 9.84. The Labute approximate surface area is 170 Å². The van der Waals surface area contributed by atoms with E-state index in [4.69, 9.17) is 20.2 Å². The minimum absolute atomic E-state index is 0.114. The number of carbonyl (C=O) groups is 1. The summed E-state index contributed by atoms with van der Waals surface area (Å²) in [7, 11) is 0. The summed E-state index contributed by atoms with van der Waals surface area (Å²) in [5.41, 5.74) is 8.52. The third-order valence-electron chi connectivity index (χ3n) is 4.92. The fourth-order valence-electron chi connectivity index (χ4n) is 3.83. The molecule has 0 bridgehead atoms. The van der Waals surface area contributed by atoms with Crippen molar-refractivity contribution in [1.29, 1.82) is 0 Å². The second-order valence-electron chi connectivity index (χ2n) is 7.90. The molecule has 3 N–H and O–H groups in total. The fraction of sp³-hybridized carbons (Fsp3) is 0.524. The molecule has 0 fully saturated rings. The summed E-state index contributed by atoms with van der Waals surface area (Å²) in [4.78, 5) is 17.7. The average molecular weight is 400 g/mol. The highest BCUT2D eigenvalue weighted by Gasteiger charge is 2.37. The van der Waals surface area contributed by atoms with Crippen LogP contribution in [0, 0.1) is 5.41 Å². The molecule has 2 heterocycles. The highest BCUT2D eigenvalue weighted by Crippen LogP contribution is 2.45. The monoisotopic (exact) mass is 400 g/mol. The molecule has 8 nitrogen and oxygen atoms in total. The molecule has 2 aromatic rings. The van der Waals surface area contributed by atoms with Gasteiger partial charge in [-0.25, -0.2) is 4.79 Å². The van der Waals surface area contributed by atoms with Gasteiger partial charge in [-0.1, -0.05) is 13.8 Å². The van der Waals surface area contributed by atoms with Crippen LogP contribution >= 0.6 is 0 Å². The minimum Gasteiger partial charge on any atom is -0.462 e. The molecule has 0 amide bonds. The van der Waals surface area contributed by atoms with Gasteiger partial charge in [-0.3, -0.25) is 4.98 Å². The lowest BCUT2D eigenvalue weighted by atomic mass is 9.72. The number of nitrogens with two attached hydrogens (primary N) is 1. The summed E-state index contributed by atoms with van der Waals surface area (Å²) in [6.45, 7) is 6.96. The van der Waals surface area contributed by atoms with Crippen LogP contribution in [-0.2, 0) is 22.5 Å². The van der Waals surface area contributed by atoms with Gasteiger partial charge in [-0.05, 0) is 37.3 Å². The Balaban J connectivity index is 2.28. The molecule has 1 aliphatic carbocycles. The Hall–Kier alpha value is -2.42. The van der Waals surface area contributed by atoms with E-state index >= 15 is 0 Å². The van der Waals surface area contributed by atoms with Gasteiger partial charge in [0.15, 0.2) is 0 Å². The quantitative estimate of drug-likeness (QED) is 0.536. The molecule has 8 heteroatoms. The predicted molar refractivity (Wildman–Crippen MR) is 107 cm³/mol. The standard InChI is InChI=1S/C21H28N4O4/c1-4-29-20(27)19-15(12-28-9-7-22)24-14-10-21(2,3)11-16(26)17(14)18(19)13-6-5-8-23-25-13/h5-6,8,16,26H,4,7,9-12,22H2,1-3H3. The molecular formula is C21H28N4O4. The molecule has 156 valence electrons. The number of carbonyl (C=O) groups excluding carboxylic acids is 1. The lowest BCUT2D eigenvalue weighted by molar-refractivity contribution is 0.0517. The summed E-state index contributed by atoms with van der Waals surface area (Å²) in [6, 6.07) is 3.51. The smallest absolute Gasteiger partial charge is 0.340 e. The van der Waals surface area contributed by atoms with E-state index in [1.54, 1.807) is 25.3 Å². The first kappa shape index (κ1) is 21.3. The zero-order valence-corrected chi connectivity index (χ0v) is 17.1. The number of aromatic nitrogens is 3. The second-order valence-corrected chi connectivity index (χ2v) is 7.90. The van der Waals surface area contributed by atoms with Crippen molar-refractivity contribution >= 4 is 5.97 Å². The summed E-state index contributed by atoms with van der Waals surface area (Å²) in [5.74, 6) is -0.521. The van der Waals surface area contributed by atoms with Gasteiger partial charge in [-0.2, -0.15) is 10.2 Å². The van der Waals surface area contributed by atoms with E-state index in [0.29, 0.717) is 48.5 Å². The summed E-state index contributed by atoms with van der Waals surface area (Å²) >= 11 is 0. The highest BCUT2D eigenvalue weighted by atomic mass is 16.5. The van der Waals surface area contributed by atoms with Crippen molar-refractivity contribution in [2.24, 2.45) is 11.1 Å². The van der Waals surface area contributed by atoms with Gasteiger partial charge in [0.2, 0.25) is 0 Å². The molecule has 2 aromatic heterocycles. The average Bonchev–Trinajstić information content (AvgIpc) is 2.67. The number of aliphatic hydroxyl groups is 1. The zero-order valence-electron chi connectivity index (χ0n) is 17.1. The highest BCUT2D eigenvalue weighted by molar-refractivity contribution is 5.99. The molecule has 0 aliphatic heterocycles. The molecule has 0 spiro atoms. The Bertz CT molecular complexity index is 871. The number of hydrogen-bond acceptors (Lipinski definition) is 8. The molecule has 1 unspecified atom stereocenters. The van der Waals surface area contributed by atoms with Gasteiger partial charge >= 0.3 is 5.97 Å². The molecule has 0 saturated heterocycles. The molecule has 0 aromatic carbocycles. The largest absolute Gasteiger partial charge is 0.462 e. The predicted octanol–water partition coefficient (Wildman–Crippen LogP) is 2.20. The van der Waals surface area contributed by atoms with Gasteiger partial charge in [0, 0.05) is 29.6 Å². The van der Waals surface area contributed by atoms with Crippen LogP contribution in [0.25, 0.3) is 11.3 Å². The number of aliphatic hydroxyl groups excluding tert-OH is 1. The minimum atomic E-state index is -0.773. The molecule has 0 radical (unpaired) electrons. The van der Waals surface area contributed by atoms with Crippen LogP contribution in [-0.4, -0.2) is 46.0 Å². The van der Waals surface area contributed by atoms with E-state index in [2.05, 4.69) is 24.0 Å². The Morgan fingerprint density at radius 3 is 2.86 bits per heavy atom. The number of rotatable bonds is 7. The summed E-state index contributed by atoms with van der Waals surface area (Å²) in [5, 5.41) is 19.2. The first-order chi connectivity index (χ1) is 13.9. The van der Waals surface area contributed by atoms with Crippen LogP contribution in [0.1, 0.15) is 60.6 Å². The van der Waals surface area contributed by atoms with Gasteiger partial charge in [0.25, 0.3) is 0 Å². The van der Waals surface area contributed by atoms with Crippen molar-refractivity contribution in [3.05, 3.63) is 40.8 Å². The number of fused-ring (bicyclic) bond motifs is 1. The zero-order chi connectivity index (χ0) is 21.0. The summed E-state index contributed by atoms with van der Waals surface area (Å²) < 4.78 is 10.9. The molecule has 1 aliphatic rings. The number of hydrogen-bond donors (Lipinski definition) is 2. The maximum absolute atomic E-state index is 12.9. The topological polar surface area (TPSA) is 120 Å². The molecule has 29 heavy (non-hydrogen) atoms. The second kappa shape index (κ2) is 8.94. The van der Waals surface area contributed by atoms with Crippen molar-refractivity contribution in [1.82, 2.24) is 15.2 Å². The van der Waals surface area contributed by atoms with Crippen LogP contribution in [0.2, 0.25) is 0 Å². The number of pyridine rings is 1. The van der Waals surface area contributed by atoms with Crippen LogP contribution < -0.4 is 5.73 Å². The van der Waals surface area contributed by atoms with Crippen molar-refractivity contribution in [3.8, 4) is 11.3 Å². The van der Waals surface area contributed by atoms with E-state index in [1.807, 2.05) is 0 Å². The number of esters is 1. The third kappa shape index (κ3) is 4.60. The SMILES string of the molecule is CCOC(=O)c1c(COCCN)nc2c(c1-c1cccnn1)C(O)CC(C)(C)C2. The van der Waals surface area contributed by atoms with E-state index in [0.717, 1.165) is 5.69 Å². The lowest BCUT2D eigenvalue weighted by Crippen LogP contribution is -2.29. The van der Waals surface area contributed by atoms with Crippen molar-refractivity contribution in [2.75, 3.05) is 19.8 Å². The van der Waals surface area contributed by atoms with Crippen LogP contribution in [0.5, 0.6) is 0 Å². The summed E-state index contributed by atoms with van der Waals surface area (Å²) in [6.07, 6.45) is 2.01. The van der Waals surface area contributed by atoms with Gasteiger partial charge in [-0.15, -0.1) is 0 Å². The molecule has 1 atom stereocenters. The Morgan fingerprint density at radius 2 is 2.21 bits per heavy atom. The van der Waals surface area contributed by atoms with Crippen molar-refractivity contribution < 1.29 is 19.4 Å². The first-order valence-electron chi connectivity index (χ1n) is 9.84. The van der Waals surface area contributed by atoms with Crippen LogP contribution in [0.3, 0.4) is 0 Å². The van der Waals surface area contributed by atoms with Crippen LogP contribution in [0.15, 0.2) is 18.3 Å². The molecule has 0 saturated carbocycles. The lowest BCUT2D eigenvalue weighted by Gasteiger charge is -2.36. The molecular weight excluding hydrogens is 372 g/mol.